The van der Waals surface area contributed by atoms with Crippen LogP contribution in [0.2, 0.25) is 0 Å². The molecule has 0 aromatic heterocycles. The van der Waals surface area contributed by atoms with E-state index in [4.69, 9.17) is 9.47 Å². The topological polar surface area (TPSA) is 171 Å². The van der Waals surface area contributed by atoms with Gasteiger partial charge >= 0.3 is 11.9 Å². The smallest absolute Gasteiger partial charge is 0.347 e. The third-order valence-corrected chi connectivity index (χ3v) is 5.53. The summed E-state index contributed by atoms with van der Waals surface area (Å²) < 4.78 is 80.0. The van der Waals surface area contributed by atoms with E-state index in [1.165, 1.54) is 12.1 Å². The average molecular weight is 474 g/mol. The maximum absolute atomic E-state index is 12.5. The summed E-state index contributed by atoms with van der Waals surface area (Å²) in [5, 5.41) is 0. The van der Waals surface area contributed by atoms with Crippen molar-refractivity contribution in [3.8, 4) is 11.5 Å². The van der Waals surface area contributed by atoms with Gasteiger partial charge in [-0.25, -0.2) is 9.59 Å². The molecule has 0 unspecified atom stereocenters. The van der Waals surface area contributed by atoms with Gasteiger partial charge in [-0.1, -0.05) is 0 Å². The number of hydrogen-bond donors (Lipinski definition) is 2. The molecule has 13 heteroatoms. The normalized spacial score (nSPS) is 11.6. The van der Waals surface area contributed by atoms with Crippen LogP contribution in [0.1, 0.15) is 34.6 Å². The molecule has 168 valence electrons. The van der Waals surface area contributed by atoms with Crippen molar-refractivity contribution in [2.24, 2.45) is 0 Å². The van der Waals surface area contributed by atoms with Gasteiger partial charge in [-0.15, -0.1) is 0 Å². The van der Waals surface area contributed by atoms with Crippen molar-refractivity contribution in [1.29, 1.82) is 0 Å². The van der Waals surface area contributed by atoms with Gasteiger partial charge < -0.3 is 14.2 Å². The van der Waals surface area contributed by atoms with Crippen molar-refractivity contribution >= 4 is 32.2 Å². The summed E-state index contributed by atoms with van der Waals surface area (Å²) in [6, 6.07) is 5.97. The second-order valence-corrected chi connectivity index (χ2v) is 8.59. The first-order chi connectivity index (χ1) is 14.4. The first-order valence-electron chi connectivity index (χ1n) is 8.63. The fourth-order valence-corrected chi connectivity index (χ4v) is 3.81. The second-order valence-electron chi connectivity index (χ2n) is 5.81. The highest BCUT2D eigenvalue weighted by molar-refractivity contribution is 7.86. The van der Waals surface area contributed by atoms with Crippen molar-refractivity contribution in [1.82, 2.24) is 0 Å². The quantitative estimate of drug-likeness (QED) is 0.325. The molecule has 0 saturated heterocycles. The molecule has 0 aliphatic carbocycles. The lowest BCUT2D eigenvalue weighted by atomic mass is 10.2. The predicted molar refractivity (Wildman–Crippen MR) is 105 cm³/mol. The zero-order chi connectivity index (χ0) is 23.4. The number of hydrogen-bond acceptors (Lipinski definition) is 9. The Bertz CT molecular complexity index is 1120. The Morgan fingerprint density at radius 2 is 1.10 bits per heavy atom. The summed E-state index contributed by atoms with van der Waals surface area (Å²) in [6.07, 6.45) is 0. The monoisotopic (exact) mass is 474 g/mol. The van der Waals surface area contributed by atoms with Crippen LogP contribution in [0.4, 0.5) is 0 Å². The molecular weight excluding hydrogens is 456 g/mol. The summed E-state index contributed by atoms with van der Waals surface area (Å²) in [7, 11) is -9.76. The SMILES string of the molecule is CCOc1ccc(S(=O)(=O)O)c(C(=O)OC(=O)c2cc(OCC)ccc2S(=O)(=O)O)c1. The first-order valence-corrected chi connectivity index (χ1v) is 11.5. The lowest BCUT2D eigenvalue weighted by Gasteiger charge is -2.11. The first kappa shape index (κ1) is 24.3. The molecule has 0 saturated carbocycles. The number of carbonyl (C=O) groups excluding carboxylic acids is 2. The number of esters is 2. The highest BCUT2D eigenvalue weighted by Gasteiger charge is 2.28. The van der Waals surface area contributed by atoms with E-state index in [1.54, 1.807) is 13.8 Å². The van der Waals surface area contributed by atoms with Crippen LogP contribution in [0.15, 0.2) is 46.2 Å². The molecule has 31 heavy (non-hydrogen) atoms. The molecule has 0 heterocycles. The van der Waals surface area contributed by atoms with Crippen molar-refractivity contribution in [2.45, 2.75) is 23.6 Å². The van der Waals surface area contributed by atoms with Crippen LogP contribution < -0.4 is 9.47 Å². The minimum absolute atomic E-state index is 0.0475. The maximum Gasteiger partial charge on any atom is 0.347 e. The predicted octanol–water partition coefficient (Wildman–Crippen LogP) is 1.97. The molecule has 0 atom stereocenters. The van der Waals surface area contributed by atoms with E-state index in [0.29, 0.717) is 0 Å². The molecule has 0 radical (unpaired) electrons. The summed E-state index contributed by atoms with van der Waals surface area (Å²) >= 11 is 0. The van der Waals surface area contributed by atoms with E-state index in [-0.39, 0.29) is 24.7 Å². The fourth-order valence-electron chi connectivity index (χ4n) is 2.49. The molecule has 0 bridgehead atoms. The van der Waals surface area contributed by atoms with Crippen LogP contribution in [-0.2, 0) is 25.0 Å². The molecule has 0 aliphatic heterocycles. The molecule has 11 nitrogen and oxygen atoms in total. The van der Waals surface area contributed by atoms with E-state index in [0.717, 1.165) is 24.3 Å². The second kappa shape index (κ2) is 9.43. The molecule has 0 fully saturated rings. The van der Waals surface area contributed by atoms with E-state index in [1.807, 2.05) is 0 Å². The van der Waals surface area contributed by atoms with Crippen LogP contribution >= 0.6 is 0 Å². The van der Waals surface area contributed by atoms with Gasteiger partial charge in [0.05, 0.1) is 24.3 Å². The van der Waals surface area contributed by atoms with Crippen molar-refractivity contribution in [2.75, 3.05) is 13.2 Å². The van der Waals surface area contributed by atoms with Crippen molar-refractivity contribution in [3.05, 3.63) is 47.5 Å². The van der Waals surface area contributed by atoms with E-state index < -0.39 is 53.1 Å². The minimum Gasteiger partial charge on any atom is -0.494 e. The Labute approximate surface area is 178 Å². The fraction of sp³-hybridized carbons (Fsp3) is 0.222. The Kier molecular flexibility index (Phi) is 7.38. The molecular formula is C18H18O11S2. The number of benzene rings is 2. The molecule has 0 spiro atoms. The standard InChI is InChI=1S/C18H18O11S2/c1-3-27-11-5-7-15(30(21,22)23)13(9-11)17(19)29-18(20)14-10-12(28-4-2)6-8-16(14)31(24,25)26/h5-10H,3-4H2,1-2H3,(H,21,22,23)(H,24,25,26). The molecule has 2 aromatic carbocycles. The molecule has 2 aromatic rings. The van der Waals surface area contributed by atoms with Crippen LogP contribution in [0.3, 0.4) is 0 Å². The third kappa shape index (κ3) is 6.01. The third-order valence-electron chi connectivity index (χ3n) is 3.71. The summed E-state index contributed by atoms with van der Waals surface area (Å²) in [6.45, 7) is 3.59. The van der Waals surface area contributed by atoms with Gasteiger partial charge in [0.25, 0.3) is 20.2 Å². The summed E-state index contributed by atoms with van der Waals surface area (Å²) in [5.74, 6) is -2.93. The highest BCUT2D eigenvalue weighted by Crippen LogP contribution is 2.26. The zero-order valence-electron chi connectivity index (χ0n) is 16.3. The minimum atomic E-state index is -4.88. The molecule has 0 amide bonds. The Balaban J connectivity index is 2.50. The van der Waals surface area contributed by atoms with Crippen LogP contribution in [-0.4, -0.2) is 51.1 Å². The zero-order valence-corrected chi connectivity index (χ0v) is 17.9. The summed E-state index contributed by atoms with van der Waals surface area (Å²) in [5.41, 5.74) is -1.45. The van der Waals surface area contributed by atoms with Gasteiger partial charge in [-0.05, 0) is 50.2 Å². The Morgan fingerprint density at radius 3 is 1.39 bits per heavy atom. The van der Waals surface area contributed by atoms with Crippen LogP contribution in [0, 0.1) is 0 Å². The van der Waals surface area contributed by atoms with E-state index in [9.17, 15) is 35.5 Å². The van der Waals surface area contributed by atoms with Gasteiger partial charge in [0.15, 0.2) is 0 Å². The van der Waals surface area contributed by atoms with Crippen LogP contribution in [0.25, 0.3) is 0 Å². The summed E-state index contributed by atoms with van der Waals surface area (Å²) in [4.78, 5) is 23.3. The van der Waals surface area contributed by atoms with Gasteiger partial charge in [0.2, 0.25) is 0 Å². The lowest BCUT2D eigenvalue weighted by Crippen LogP contribution is -2.18. The number of carbonyl (C=O) groups is 2. The van der Waals surface area contributed by atoms with Gasteiger partial charge in [-0.2, -0.15) is 16.8 Å². The van der Waals surface area contributed by atoms with Gasteiger partial charge in [-0.3, -0.25) is 9.11 Å². The van der Waals surface area contributed by atoms with Crippen molar-refractivity contribution < 1.29 is 49.7 Å². The largest absolute Gasteiger partial charge is 0.494 e. The van der Waals surface area contributed by atoms with E-state index >= 15 is 0 Å². The maximum atomic E-state index is 12.5. The van der Waals surface area contributed by atoms with Gasteiger partial charge in [0, 0.05) is 0 Å². The number of rotatable bonds is 8. The van der Waals surface area contributed by atoms with Gasteiger partial charge in [0.1, 0.15) is 21.3 Å². The molecule has 0 aliphatic rings. The average Bonchev–Trinajstić information content (AvgIpc) is 2.66. The lowest BCUT2D eigenvalue weighted by molar-refractivity contribution is 0.0390. The Hall–Kier alpha value is -3.00. The van der Waals surface area contributed by atoms with Crippen LogP contribution in [0.5, 0.6) is 11.5 Å². The molecule has 2 N–H and O–H groups in total. The molecule has 2 rings (SSSR count). The van der Waals surface area contributed by atoms with E-state index in [2.05, 4.69) is 4.74 Å². The van der Waals surface area contributed by atoms with Crippen molar-refractivity contribution in [3.63, 3.8) is 0 Å². The highest BCUT2D eigenvalue weighted by atomic mass is 32.2. The number of ether oxygens (including phenoxy) is 3. The Morgan fingerprint density at radius 1 is 0.742 bits per heavy atom.